The fourth-order valence-corrected chi connectivity index (χ4v) is 6.94. The second-order valence-corrected chi connectivity index (χ2v) is 20.8. The fourth-order valence-electron chi connectivity index (χ4n) is 5.28. The van der Waals surface area contributed by atoms with Crippen LogP contribution >= 0.6 is 34.8 Å². The van der Waals surface area contributed by atoms with Crippen LogP contribution in [0.15, 0.2) is 29.1 Å². The average molecular weight is 711 g/mol. The van der Waals surface area contributed by atoms with E-state index >= 15 is 0 Å². The average Bonchev–Trinajstić information content (AvgIpc) is 2.93. The molecule has 2 atom stereocenters. The van der Waals surface area contributed by atoms with Gasteiger partial charge in [0.15, 0.2) is 19.1 Å². The third kappa shape index (κ3) is 7.36. The lowest BCUT2D eigenvalue weighted by Crippen LogP contribution is -2.62. The van der Waals surface area contributed by atoms with Crippen LogP contribution in [0.4, 0.5) is 10.6 Å². The number of para-hydroxylation sites is 1. The molecule has 46 heavy (non-hydrogen) atoms. The number of benzene rings is 1. The standard InChI is InChI=1S/C33H46Cl3N5O4Si/c1-19(2)22-14-12-13-15-23(22)41-29-24(25(34)26(35)27(36)37-29)28(38-30(41)42)40-16-20(3)39(31(43)45-32(4,5)6)17-21(40)18-44-46(10,11)33(7,8)9/h12-15,19-21H,16-18H2,1-11H3/t20-,21+/m0/s1. The first-order chi connectivity index (χ1) is 21.1. The van der Waals surface area contributed by atoms with Gasteiger partial charge in [0.25, 0.3) is 0 Å². The topological polar surface area (TPSA) is 89.8 Å². The molecule has 3 aromatic rings. The number of rotatable bonds is 6. The predicted molar refractivity (Wildman–Crippen MR) is 191 cm³/mol. The maximum Gasteiger partial charge on any atom is 0.410 e. The predicted octanol–water partition coefficient (Wildman–Crippen LogP) is 8.70. The summed E-state index contributed by atoms with van der Waals surface area (Å²) in [6.07, 6.45) is -0.412. The molecule has 2 aromatic heterocycles. The molecule has 1 fully saturated rings. The molecule has 1 aliphatic heterocycles. The van der Waals surface area contributed by atoms with Crippen molar-refractivity contribution in [2.75, 3.05) is 24.6 Å². The lowest BCUT2D eigenvalue weighted by atomic mass is 10.0. The van der Waals surface area contributed by atoms with Gasteiger partial charge in [-0.2, -0.15) is 4.98 Å². The Hall–Kier alpha value is -2.37. The summed E-state index contributed by atoms with van der Waals surface area (Å²) in [6.45, 7) is 23.3. The number of hydrogen-bond donors (Lipinski definition) is 0. The summed E-state index contributed by atoms with van der Waals surface area (Å²) in [4.78, 5) is 40.5. The zero-order valence-electron chi connectivity index (χ0n) is 28.7. The first-order valence-corrected chi connectivity index (χ1v) is 19.7. The van der Waals surface area contributed by atoms with Gasteiger partial charge < -0.3 is 19.0 Å². The highest BCUT2D eigenvalue weighted by Crippen LogP contribution is 2.41. The summed E-state index contributed by atoms with van der Waals surface area (Å²) in [6, 6.07) is 6.92. The number of pyridine rings is 1. The summed E-state index contributed by atoms with van der Waals surface area (Å²) in [5.41, 5.74) is 0.613. The van der Waals surface area contributed by atoms with E-state index in [0.717, 1.165) is 5.56 Å². The molecule has 1 aromatic carbocycles. The summed E-state index contributed by atoms with van der Waals surface area (Å²) < 4.78 is 13.9. The largest absolute Gasteiger partial charge is 0.444 e. The van der Waals surface area contributed by atoms with E-state index < -0.39 is 31.7 Å². The monoisotopic (exact) mass is 709 g/mol. The third-order valence-electron chi connectivity index (χ3n) is 8.83. The van der Waals surface area contributed by atoms with E-state index in [1.165, 1.54) is 4.57 Å². The van der Waals surface area contributed by atoms with Gasteiger partial charge in [0.1, 0.15) is 11.4 Å². The van der Waals surface area contributed by atoms with E-state index in [0.29, 0.717) is 23.4 Å². The van der Waals surface area contributed by atoms with Crippen molar-refractivity contribution in [3.8, 4) is 5.69 Å². The number of hydrogen-bond acceptors (Lipinski definition) is 7. The Morgan fingerprint density at radius 2 is 1.65 bits per heavy atom. The lowest BCUT2D eigenvalue weighted by molar-refractivity contribution is 0.0105. The number of aromatic nitrogens is 3. The van der Waals surface area contributed by atoms with Gasteiger partial charge >= 0.3 is 11.8 Å². The molecule has 0 spiro atoms. The van der Waals surface area contributed by atoms with Crippen LogP contribution in [0.3, 0.4) is 0 Å². The van der Waals surface area contributed by atoms with E-state index in [1.54, 1.807) is 4.90 Å². The van der Waals surface area contributed by atoms with Crippen molar-refractivity contribution < 1.29 is 14.0 Å². The Kier molecular flexibility index (Phi) is 10.5. The first-order valence-electron chi connectivity index (χ1n) is 15.6. The van der Waals surface area contributed by atoms with Crippen molar-refractivity contribution in [1.29, 1.82) is 0 Å². The minimum atomic E-state index is -2.21. The second-order valence-electron chi connectivity index (χ2n) is 14.9. The number of fused-ring (bicyclic) bond motifs is 1. The molecule has 252 valence electrons. The van der Waals surface area contributed by atoms with Crippen molar-refractivity contribution in [1.82, 2.24) is 19.4 Å². The van der Waals surface area contributed by atoms with Crippen LogP contribution in [0.2, 0.25) is 33.3 Å². The van der Waals surface area contributed by atoms with Crippen LogP contribution in [-0.2, 0) is 9.16 Å². The normalized spacial score (nSPS) is 18.1. The number of nitrogens with zero attached hydrogens (tertiary/aromatic N) is 5. The van der Waals surface area contributed by atoms with Gasteiger partial charge in [0.2, 0.25) is 0 Å². The fraction of sp³-hybridized carbons (Fsp3) is 0.576. The van der Waals surface area contributed by atoms with Gasteiger partial charge in [0, 0.05) is 19.1 Å². The van der Waals surface area contributed by atoms with Crippen molar-refractivity contribution in [3.05, 3.63) is 55.5 Å². The van der Waals surface area contributed by atoms with Crippen LogP contribution in [-0.4, -0.2) is 71.2 Å². The van der Waals surface area contributed by atoms with Crippen molar-refractivity contribution in [3.63, 3.8) is 0 Å². The molecular weight excluding hydrogens is 665 g/mol. The Labute approximate surface area is 288 Å². The summed E-state index contributed by atoms with van der Waals surface area (Å²) in [7, 11) is -2.21. The van der Waals surface area contributed by atoms with Gasteiger partial charge in [-0.1, -0.05) is 87.6 Å². The van der Waals surface area contributed by atoms with E-state index in [4.69, 9.17) is 44.0 Å². The Balaban J connectivity index is 1.95. The molecular formula is C33H46Cl3N5O4Si. The molecule has 0 aliphatic carbocycles. The summed E-state index contributed by atoms with van der Waals surface area (Å²) >= 11 is 20.1. The molecule has 0 unspecified atom stereocenters. The van der Waals surface area contributed by atoms with Gasteiger partial charge in [-0.3, -0.25) is 0 Å². The molecule has 13 heteroatoms. The molecule has 1 saturated heterocycles. The number of ether oxygens (including phenoxy) is 1. The minimum absolute atomic E-state index is 0.0209. The molecule has 0 radical (unpaired) electrons. The Morgan fingerprint density at radius 3 is 2.24 bits per heavy atom. The number of amides is 1. The second kappa shape index (κ2) is 13.3. The Morgan fingerprint density at radius 1 is 1.02 bits per heavy atom. The lowest BCUT2D eigenvalue weighted by Gasteiger charge is -2.47. The molecule has 3 heterocycles. The van der Waals surface area contributed by atoms with E-state index in [1.807, 2.05) is 56.9 Å². The number of halogens is 3. The molecule has 0 N–H and O–H groups in total. The number of carbonyl (C=O) groups is 1. The van der Waals surface area contributed by atoms with Crippen molar-refractivity contribution in [2.24, 2.45) is 0 Å². The van der Waals surface area contributed by atoms with E-state index in [-0.39, 0.29) is 51.0 Å². The number of anilines is 1. The third-order valence-corrected chi connectivity index (χ3v) is 14.5. The van der Waals surface area contributed by atoms with Crippen LogP contribution in [0.5, 0.6) is 0 Å². The van der Waals surface area contributed by atoms with Gasteiger partial charge in [-0.05, 0) is 63.4 Å². The maximum atomic E-state index is 14.1. The number of piperazine rings is 1. The maximum absolute atomic E-state index is 14.1. The summed E-state index contributed by atoms with van der Waals surface area (Å²) in [5, 5.41) is 0.533. The number of carbonyl (C=O) groups excluding carboxylic acids is 1. The van der Waals surface area contributed by atoms with Gasteiger partial charge in [-0.15, -0.1) is 0 Å². The molecule has 4 rings (SSSR count). The zero-order valence-corrected chi connectivity index (χ0v) is 31.9. The highest BCUT2D eigenvalue weighted by Gasteiger charge is 2.42. The van der Waals surface area contributed by atoms with Gasteiger partial charge in [-0.25, -0.2) is 19.1 Å². The van der Waals surface area contributed by atoms with Crippen LogP contribution in [0.1, 0.15) is 73.8 Å². The summed E-state index contributed by atoms with van der Waals surface area (Å²) in [5.74, 6) is 0.420. The van der Waals surface area contributed by atoms with Crippen LogP contribution in [0.25, 0.3) is 16.7 Å². The molecule has 1 amide bonds. The molecule has 0 saturated carbocycles. The minimum Gasteiger partial charge on any atom is -0.444 e. The molecule has 1 aliphatic rings. The highest BCUT2D eigenvalue weighted by atomic mass is 35.5. The Bertz CT molecular complexity index is 1680. The quantitative estimate of drug-likeness (QED) is 0.187. The van der Waals surface area contributed by atoms with Crippen molar-refractivity contribution >= 4 is 66.1 Å². The van der Waals surface area contributed by atoms with E-state index in [9.17, 15) is 9.59 Å². The smallest absolute Gasteiger partial charge is 0.410 e. The SMILES string of the molecule is CC(C)c1ccccc1-n1c(=O)nc(N2C[C@H](C)N(C(=O)OC(C)(C)C)C[C@@H]2CO[Si](C)(C)C(C)(C)C)c2c(Cl)c(Cl)c(Cl)nc21. The van der Waals surface area contributed by atoms with E-state index in [2.05, 4.69) is 57.7 Å². The van der Waals surface area contributed by atoms with Crippen molar-refractivity contribution in [2.45, 2.75) is 104 Å². The first kappa shape index (κ1) is 36.5. The molecule has 0 bridgehead atoms. The highest BCUT2D eigenvalue weighted by molar-refractivity contribution is 6.74. The van der Waals surface area contributed by atoms with Crippen LogP contribution in [0, 0.1) is 0 Å². The molecule has 9 nitrogen and oxygen atoms in total. The zero-order chi connectivity index (χ0) is 34.5. The van der Waals surface area contributed by atoms with Crippen LogP contribution < -0.4 is 10.6 Å². The van der Waals surface area contributed by atoms with Gasteiger partial charge in [0.05, 0.1) is 33.8 Å².